The Kier molecular flexibility index (Phi) is 5.60. The molecule has 2 aliphatic rings. The van der Waals surface area contributed by atoms with Gasteiger partial charge in [-0.15, -0.1) is 0 Å². The lowest BCUT2D eigenvalue weighted by Crippen LogP contribution is -2.48. The average molecular weight is 491 g/mol. The molecule has 184 valence electrons. The molecule has 1 aliphatic carbocycles. The molecule has 1 spiro atoms. The molecule has 0 radical (unpaired) electrons. The largest absolute Gasteiger partial charge is 0.489 e. The van der Waals surface area contributed by atoms with Gasteiger partial charge in [0.15, 0.2) is 5.65 Å². The Balaban J connectivity index is 1.33. The number of anilines is 1. The molecule has 35 heavy (non-hydrogen) atoms. The van der Waals surface area contributed by atoms with Gasteiger partial charge in [-0.3, -0.25) is 14.7 Å². The summed E-state index contributed by atoms with van der Waals surface area (Å²) in [5.41, 5.74) is -0.167. The molecule has 0 atom stereocenters. The van der Waals surface area contributed by atoms with Crippen molar-refractivity contribution in [3.05, 3.63) is 48.0 Å². The summed E-state index contributed by atoms with van der Waals surface area (Å²) in [5, 5.41) is 9.23. The van der Waals surface area contributed by atoms with Crippen molar-refractivity contribution in [3.63, 3.8) is 0 Å². The fourth-order valence-electron chi connectivity index (χ4n) is 4.98. The molecule has 1 aliphatic heterocycles. The van der Waals surface area contributed by atoms with Crippen molar-refractivity contribution >= 4 is 28.5 Å². The molecule has 2 amide bonds. The average Bonchev–Trinajstić information content (AvgIpc) is 3.37. The van der Waals surface area contributed by atoms with Gasteiger partial charge in [0.2, 0.25) is 11.8 Å². The zero-order valence-corrected chi connectivity index (χ0v) is 18.4. The molecular formula is C23H21F4N5O3. The number of nitrogens with one attached hydrogen (secondary N) is 2. The van der Waals surface area contributed by atoms with Gasteiger partial charge < -0.3 is 15.0 Å². The molecule has 5 rings (SSSR count). The molecule has 1 fully saturated rings. The molecule has 2 aromatic heterocycles. The molecule has 8 nitrogen and oxygen atoms in total. The van der Waals surface area contributed by atoms with Crippen LogP contribution >= 0.6 is 0 Å². The summed E-state index contributed by atoms with van der Waals surface area (Å²) in [7, 11) is 0. The van der Waals surface area contributed by atoms with Gasteiger partial charge in [0.05, 0.1) is 29.6 Å². The van der Waals surface area contributed by atoms with Crippen molar-refractivity contribution < 1.29 is 31.9 Å². The van der Waals surface area contributed by atoms with E-state index in [0.717, 1.165) is 10.3 Å². The minimum absolute atomic E-state index is 0.188. The van der Waals surface area contributed by atoms with Gasteiger partial charge in [0.25, 0.3) is 0 Å². The minimum atomic E-state index is -4.58. The smallest absolute Gasteiger partial charge is 0.405 e. The number of alkyl halides is 3. The highest BCUT2D eigenvalue weighted by atomic mass is 19.4. The minimum Gasteiger partial charge on any atom is -0.489 e. The summed E-state index contributed by atoms with van der Waals surface area (Å²) in [5.74, 6) is -1.49. The Bertz CT molecular complexity index is 1280. The summed E-state index contributed by atoms with van der Waals surface area (Å²) in [6.07, 6.45) is -0.193. The maximum Gasteiger partial charge on any atom is 0.405 e. The van der Waals surface area contributed by atoms with Crippen molar-refractivity contribution in [2.24, 2.45) is 0 Å². The van der Waals surface area contributed by atoms with E-state index in [0.29, 0.717) is 24.2 Å². The Labute approximate surface area is 196 Å². The normalized spacial score (nSPS) is 22.0. The Morgan fingerprint density at radius 1 is 1.26 bits per heavy atom. The van der Waals surface area contributed by atoms with E-state index < -0.39 is 42.3 Å². The van der Waals surface area contributed by atoms with Gasteiger partial charge in [-0.1, -0.05) is 6.07 Å². The van der Waals surface area contributed by atoms with E-state index in [1.807, 2.05) is 0 Å². The van der Waals surface area contributed by atoms with E-state index in [1.165, 1.54) is 18.2 Å². The summed E-state index contributed by atoms with van der Waals surface area (Å²) in [6, 6.07) is 5.97. The van der Waals surface area contributed by atoms with E-state index in [2.05, 4.69) is 15.2 Å². The molecule has 2 N–H and O–H groups in total. The highest BCUT2D eigenvalue weighted by molar-refractivity contribution is 6.10. The lowest BCUT2D eigenvalue weighted by Gasteiger charge is -2.36. The second-order valence-electron chi connectivity index (χ2n) is 8.80. The number of hydrogen-bond donors (Lipinski definition) is 2. The van der Waals surface area contributed by atoms with E-state index >= 15 is 0 Å². The van der Waals surface area contributed by atoms with Gasteiger partial charge in [-0.25, -0.2) is 9.37 Å². The van der Waals surface area contributed by atoms with Gasteiger partial charge >= 0.3 is 6.18 Å². The predicted octanol–water partition coefficient (Wildman–Crippen LogP) is 3.38. The molecule has 0 unspecified atom stereocenters. The lowest BCUT2D eigenvalue weighted by molar-refractivity contribution is -0.138. The molecule has 3 aromatic rings. The van der Waals surface area contributed by atoms with E-state index in [-0.39, 0.29) is 30.2 Å². The number of carbonyl (C=O) groups excluding carboxylic acids is 2. The molecule has 3 heterocycles. The van der Waals surface area contributed by atoms with Crippen molar-refractivity contribution in [3.8, 4) is 5.75 Å². The van der Waals surface area contributed by atoms with Gasteiger partial charge in [-0.05, 0) is 43.9 Å². The van der Waals surface area contributed by atoms with Crippen LogP contribution in [0.4, 0.5) is 23.2 Å². The lowest BCUT2D eigenvalue weighted by atomic mass is 9.69. The van der Waals surface area contributed by atoms with Gasteiger partial charge in [0, 0.05) is 10.9 Å². The number of nitrogens with zero attached hydrogens (tertiary/aromatic N) is 3. The van der Waals surface area contributed by atoms with Crippen molar-refractivity contribution in [1.29, 1.82) is 0 Å². The highest BCUT2D eigenvalue weighted by Crippen LogP contribution is 2.51. The van der Waals surface area contributed by atoms with E-state index in [4.69, 9.17) is 4.74 Å². The third-order valence-electron chi connectivity index (χ3n) is 6.56. The van der Waals surface area contributed by atoms with Crippen LogP contribution in [0.3, 0.4) is 0 Å². The number of aromatic amines is 1. The molecular weight excluding hydrogens is 470 g/mol. The number of H-pyrrole nitrogens is 1. The number of carbonyl (C=O) groups is 2. The van der Waals surface area contributed by atoms with Crippen LogP contribution in [0.25, 0.3) is 11.0 Å². The number of halogens is 4. The van der Waals surface area contributed by atoms with E-state index in [1.54, 1.807) is 23.8 Å². The van der Waals surface area contributed by atoms with Crippen LogP contribution in [-0.4, -0.2) is 52.4 Å². The third-order valence-corrected chi connectivity index (χ3v) is 6.56. The highest BCUT2D eigenvalue weighted by Gasteiger charge is 2.54. The predicted molar refractivity (Wildman–Crippen MR) is 116 cm³/mol. The maximum atomic E-state index is 15.0. The number of pyridine rings is 1. The van der Waals surface area contributed by atoms with Crippen LogP contribution in [0.1, 0.15) is 31.2 Å². The number of aromatic nitrogens is 3. The molecule has 1 aromatic carbocycles. The zero-order valence-electron chi connectivity index (χ0n) is 18.4. The standard InChI is InChI=1S/C23H21F4N5O3/c24-16-2-1-3-17-19(16)22(21(34)32(17)11-18(33)29-12-23(25,26)27)6-4-14(5-7-22)35-15-8-13-9-30-31-20(13)28-10-15/h1-3,8-10,14H,4-7,11-12H2,(H,29,33)(H,28,30,31). The van der Waals surface area contributed by atoms with Gasteiger partial charge in [-0.2, -0.15) is 18.3 Å². The molecule has 0 saturated heterocycles. The number of fused-ring (bicyclic) bond motifs is 3. The summed E-state index contributed by atoms with van der Waals surface area (Å²) >= 11 is 0. The van der Waals surface area contributed by atoms with Crippen molar-refractivity contribution in [2.45, 2.75) is 43.4 Å². The second kappa shape index (κ2) is 8.51. The SMILES string of the molecule is O=C(CN1C(=O)C2(CCC(Oc3cnc4[nH]ncc4c3)CC2)c2c(F)cccc21)NCC(F)(F)F. The van der Waals surface area contributed by atoms with E-state index in [9.17, 15) is 27.2 Å². The quantitative estimate of drug-likeness (QED) is 0.533. The first-order chi connectivity index (χ1) is 16.7. The number of benzene rings is 1. The number of hydrogen-bond acceptors (Lipinski definition) is 5. The second-order valence-corrected chi connectivity index (χ2v) is 8.80. The molecule has 12 heteroatoms. The Morgan fingerprint density at radius 3 is 2.77 bits per heavy atom. The fourth-order valence-corrected chi connectivity index (χ4v) is 4.98. The van der Waals surface area contributed by atoms with Crippen molar-refractivity contribution in [1.82, 2.24) is 20.5 Å². The van der Waals surface area contributed by atoms with Crippen LogP contribution < -0.4 is 15.0 Å². The van der Waals surface area contributed by atoms with Crippen LogP contribution in [0.15, 0.2) is 36.7 Å². The topological polar surface area (TPSA) is 100 Å². The van der Waals surface area contributed by atoms with Crippen LogP contribution in [0.5, 0.6) is 5.75 Å². The van der Waals surface area contributed by atoms with Crippen LogP contribution in [0.2, 0.25) is 0 Å². The summed E-state index contributed by atoms with van der Waals surface area (Å²) < 4.78 is 58.5. The first-order valence-electron chi connectivity index (χ1n) is 11.1. The third kappa shape index (κ3) is 4.28. The molecule has 1 saturated carbocycles. The number of rotatable bonds is 5. The Hall–Kier alpha value is -3.70. The van der Waals surface area contributed by atoms with Crippen molar-refractivity contribution in [2.75, 3.05) is 18.0 Å². The first-order valence-corrected chi connectivity index (χ1v) is 11.1. The first kappa shape index (κ1) is 23.1. The maximum absolute atomic E-state index is 15.0. The van der Waals surface area contributed by atoms with Crippen LogP contribution in [0, 0.1) is 5.82 Å². The fraction of sp³-hybridized carbons (Fsp3) is 0.391. The summed E-state index contributed by atoms with van der Waals surface area (Å²) in [4.78, 5) is 31.0. The number of amides is 2. The number of ether oxygens (including phenoxy) is 1. The van der Waals surface area contributed by atoms with Gasteiger partial charge in [0.1, 0.15) is 24.7 Å². The molecule has 0 bridgehead atoms. The zero-order chi connectivity index (χ0) is 24.8. The monoisotopic (exact) mass is 491 g/mol. The van der Waals surface area contributed by atoms with Crippen LogP contribution in [-0.2, 0) is 15.0 Å². The summed E-state index contributed by atoms with van der Waals surface area (Å²) in [6.45, 7) is -2.13. The Morgan fingerprint density at radius 2 is 2.03 bits per heavy atom.